The number of hydrogen-bond acceptors (Lipinski definition) is 5. The summed E-state index contributed by atoms with van der Waals surface area (Å²) in [5.41, 5.74) is 4.43. The minimum absolute atomic E-state index is 0.0751. The zero-order valence-corrected chi connectivity index (χ0v) is 19.9. The van der Waals surface area contributed by atoms with Gasteiger partial charge in [0.1, 0.15) is 5.15 Å². The van der Waals surface area contributed by atoms with Gasteiger partial charge in [0.15, 0.2) is 5.82 Å². The third kappa shape index (κ3) is 4.90. The van der Waals surface area contributed by atoms with Crippen LogP contribution in [-0.4, -0.2) is 34.7 Å². The number of nitrogens with zero attached hydrogens (tertiary/aromatic N) is 6. The summed E-state index contributed by atoms with van der Waals surface area (Å²) in [5.74, 6) is 0.926. The minimum atomic E-state index is -0.0751. The van der Waals surface area contributed by atoms with Gasteiger partial charge >= 0.3 is 5.69 Å². The molecule has 9 heteroatoms. The van der Waals surface area contributed by atoms with E-state index in [2.05, 4.69) is 46.4 Å². The average Bonchev–Trinajstić information content (AvgIpc) is 3.42. The fourth-order valence-corrected chi connectivity index (χ4v) is 4.27. The smallest absolute Gasteiger partial charge is 0.289 e. The van der Waals surface area contributed by atoms with Gasteiger partial charge in [-0.3, -0.25) is 14.1 Å². The summed E-state index contributed by atoms with van der Waals surface area (Å²) in [6.07, 6.45) is 4.60. The normalized spacial score (nSPS) is 11.4. The van der Waals surface area contributed by atoms with Crippen molar-refractivity contribution in [2.75, 3.05) is 0 Å². The van der Waals surface area contributed by atoms with Crippen LogP contribution in [0.2, 0.25) is 5.15 Å². The fourth-order valence-electron chi connectivity index (χ4n) is 3.94. The van der Waals surface area contributed by atoms with Gasteiger partial charge in [0.25, 0.3) is 0 Å². The van der Waals surface area contributed by atoms with Crippen LogP contribution in [0.3, 0.4) is 0 Å². The molecule has 0 unspecified atom stereocenters. The molecular weight excluding hydrogens is 438 g/mol. The van der Waals surface area contributed by atoms with E-state index in [9.17, 15) is 4.79 Å². The van der Waals surface area contributed by atoms with Gasteiger partial charge in [-0.05, 0) is 40.8 Å². The zero-order valence-electron chi connectivity index (χ0n) is 19.1. The van der Waals surface area contributed by atoms with E-state index in [0.29, 0.717) is 30.0 Å². The Morgan fingerprint density at radius 3 is 2.52 bits per heavy atom. The van der Waals surface area contributed by atoms with Gasteiger partial charge < -0.3 is 0 Å². The SMILES string of the molecule is CCCCc1c(Cl)n(CC(C)C)c(=O)n1Cc1ccc(-c2ccccc2-c2nnn[nH]2)cn1. The van der Waals surface area contributed by atoms with Crippen molar-refractivity contribution >= 4 is 11.6 Å². The van der Waals surface area contributed by atoms with E-state index in [4.69, 9.17) is 11.6 Å². The van der Waals surface area contributed by atoms with Gasteiger partial charge in [0, 0.05) is 23.9 Å². The Balaban J connectivity index is 1.65. The molecule has 8 nitrogen and oxygen atoms in total. The lowest BCUT2D eigenvalue weighted by molar-refractivity contribution is 0.503. The highest BCUT2D eigenvalue weighted by molar-refractivity contribution is 6.30. The Hall–Kier alpha value is -3.26. The molecule has 1 aromatic carbocycles. The molecular formula is C24H28ClN7O. The molecule has 0 spiro atoms. The Labute approximate surface area is 197 Å². The molecule has 0 aliphatic heterocycles. The van der Waals surface area contributed by atoms with Crippen LogP contribution in [0.4, 0.5) is 0 Å². The predicted molar refractivity (Wildman–Crippen MR) is 129 cm³/mol. The van der Waals surface area contributed by atoms with Crippen molar-refractivity contribution in [1.82, 2.24) is 34.7 Å². The first kappa shape index (κ1) is 22.9. The monoisotopic (exact) mass is 465 g/mol. The zero-order chi connectivity index (χ0) is 23.4. The lowest BCUT2D eigenvalue weighted by atomic mass is 10.0. The Kier molecular flexibility index (Phi) is 7.03. The molecule has 0 amide bonds. The van der Waals surface area contributed by atoms with Crippen molar-refractivity contribution in [3.8, 4) is 22.5 Å². The second-order valence-corrected chi connectivity index (χ2v) is 8.91. The number of nitrogens with one attached hydrogen (secondary N) is 1. The van der Waals surface area contributed by atoms with E-state index >= 15 is 0 Å². The largest absolute Gasteiger partial charge is 0.329 e. The van der Waals surface area contributed by atoms with Gasteiger partial charge in [-0.25, -0.2) is 9.89 Å². The summed E-state index contributed by atoms with van der Waals surface area (Å²) < 4.78 is 3.46. The van der Waals surface area contributed by atoms with Gasteiger partial charge in [-0.15, -0.1) is 5.10 Å². The van der Waals surface area contributed by atoms with E-state index in [-0.39, 0.29) is 5.69 Å². The lowest BCUT2D eigenvalue weighted by Gasteiger charge is -2.09. The van der Waals surface area contributed by atoms with Crippen LogP contribution in [0.25, 0.3) is 22.5 Å². The number of H-pyrrole nitrogens is 1. The lowest BCUT2D eigenvalue weighted by Crippen LogP contribution is -2.27. The Bertz CT molecular complexity index is 1260. The molecule has 33 heavy (non-hydrogen) atoms. The fraction of sp³-hybridized carbons (Fsp3) is 0.375. The molecule has 0 saturated carbocycles. The number of tetrazole rings is 1. The maximum Gasteiger partial charge on any atom is 0.329 e. The molecule has 0 bridgehead atoms. The van der Waals surface area contributed by atoms with E-state index < -0.39 is 0 Å². The second kappa shape index (κ2) is 10.1. The van der Waals surface area contributed by atoms with Gasteiger partial charge in [0.2, 0.25) is 0 Å². The number of aromatic amines is 1. The molecule has 4 aromatic rings. The highest BCUT2D eigenvalue weighted by Gasteiger charge is 2.19. The van der Waals surface area contributed by atoms with Crippen molar-refractivity contribution in [1.29, 1.82) is 0 Å². The summed E-state index contributed by atoms with van der Waals surface area (Å²) in [6, 6.07) is 11.8. The number of benzene rings is 1. The quantitative estimate of drug-likeness (QED) is 0.390. The molecule has 0 aliphatic carbocycles. The molecule has 0 saturated heterocycles. The molecule has 0 radical (unpaired) electrons. The first-order valence-corrected chi connectivity index (χ1v) is 11.6. The molecule has 0 aliphatic rings. The highest BCUT2D eigenvalue weighted by atomic mass is 35.5. The van der Waals surface area contributed by atoms with Crippen molar-refractivity contribution in [3.63, 3.8) is 0 Å². The van der Waals surface area contributed by atoms with Crippen LogP contribution in [0.15, 0.2) is 47.4 Å². The number of rotatable bonds is 9. The number of pyridine rings is 1. The molecule has 3 heterocycles. The van der Waals surface area contributed by atoms with E-state index in [1.165, 1.54) is 0 Å². The van der Waals surface area contributed by atoms with Crippen molar-refractivity contribution in [2.45, 2.75) is 53.1 Å². The van der Waals surface area contributed by atoms with Gasteiger partial charge in [-0.1, -0.05) is 69.1 Å². The summed E-state index contributed by atoms with van der Waals surface area (Å²) in [4.78, 5) is 17.8. The predicted octanol–water partition coefficient (Wildman–Crippen LogP) is 4.59. The van der Waals surface area contributed by atoms with Crippen molar-refractivity contribution < 1.29 is 0 Å². The van der Waals surface area contributed by atoms with Gasteiger partial charge in [-0.2, -0.15) is 0 Å². The first-order valence-electron chi connectivity index (χ1n) is 11.3. The first-order chi connectivity index (χ1) is 16.0. The molecule has 0 fully saturated rings. The third-order valence-electron chi connectivity index (χ3n) is 5.56. The topological polar surface area (TPSA) is 94.3 Å². The van der Waals surface area contributed by atoms with Crippen LogP contribution in [0, 0.1) is 5.92 Å². The maximum atomic E-state index is 13.2. The number of aromatic nitrogens is 7. The molecule has 1 N–H and O–H groups in total. The van der Waals surface area contributed by atoms with Gasteiger partial charge in [0.05, 0.1) is 17.9 Å². The van der Waals surface area contributed by atoms with Crippen LogP contribution in [0.1, 0.15) is 45.0 Å². The maximum absolute atomic E-state index is 13.2. The number of halogens is 1. The molecule has 3 aromatic heterocycles. The minimum Gasteiger partial charge on any atom is -0.289 e. The Morgan fingerprint density at radius 2 is 1.88 bits per heavy atom. The number of unbranched alkanes of at least 4 members (excludes halogenated alkanes) is 1. The Morgan fingerprint density at radius 1 is 1.09 bits per heavy atom. The molecule has 4 rings (SSSR count). The summed E-state index contributed by atoms with van der Waals surface area (Å²) in [7, 11) is 0. The number of hydrogen-bond donors (Lipinski definition) is 1. The second-order valence-electron chi connectivity index (χ2n) is 8.55. The van der Waals surface area contributed by atoms with E-state index in [0.717, 1.165) is 47.3 Å². The molecule has 172 valence electrons. The summed E-state index contributed by atoms with van der Waals surface area (Å²) >= 11 is 6.65. The highest BCUT2D eigenvalue weighted by Crippen LogP contribution is 2.29. The van der Waals surface area contributed by atoms with E-state index in [1.54, 1.807) is 9.13 Å². The summed E-state index contributed by atoms with van der Waals surface area (Å²) in [6.45, 7) is 7.28. The van der Waals surface area contributed by atoms with Crippen LogP contribution < -0.4 is 5.69 Å². The van der Waals surface area contributed by atoms with Crippen molar-refractivity contribution in [2.24, 2.45) is 5.92 Å². The standard InChI is InChI=1S/C24H28ClN7O/c1-4-5-10-21-22(25)32(14-16(2)3)24(33)31(21)15-18-12-11-17(13-26-18)19-8-6-7-9-20(19)23-27-29-30-28-23/h6-9,11-13,16H,4-5,10,14-15H2,1-3H3,(H,27,28,29,30). The average molecular weight is 466 g/mol. The van der Waals surface area contributed by atoms with E-state index in [1.807, 2.05) is 42.6 Å². The molecule has 0 atom stereocenters. The third-order valence-corrected chi connectivity index (χ3v) is 5.98. The van der Waals surface area contributed by atoms with Crippen LogP contribution in [0.5, 0.6) is 0 Å². The summed E-state index contributed by atoms with van der Waals surface area (Å²) in [5, 5.41) is 14.7. The number of imidazole rings is 1. The van der Waals surface area contributed by atoms with Crippen LogP contribution in [-0.2, 0) is 19.5 Å². The van der Waals surface area contributed by atoms with Crippen LogP contribution >= 0.6 is 11.6 Å². The van der Waals surface area contributed by atoms with Crippen molar-refractivity contribution in [3.05, 3.63) is 69.6 Å².